The van der Waals surface area contributed by atoms with E-state index in [4.69, 9.17) is 14.5 Å². The number of hydrogen-bond acceptors (Lipinski definition) is 6. The van der Waals surface area contributed by atoms with Crippen molar-refractivity contribution in [2.24, 2.45) is 0 Å². The first kappa shape index (κ1) is 15.4. The smallest absolute Gasteiger partial charge is 0.360 e. The summed E-state index contributed by atoms with van der Waals surface area (Å²) < 4.78 is 9.61. The summed E-state index contributed by atoms with van der Waals surface area (Å²) in [5, 5.41) is 15.0. The largest absolute Gasteiger partial charge is 0.461 e. The van der Waals surface area contributed by atoms with E-state index >= 15 is 0 Å². The predicted octanol–water partition coefficient (Wildman–Crippen LogP) is 1.28. The molecule has 0 fully saturated rings. The Balaban J connectivity index is 2.84. The third kappa shape index (κ3) is 4.24. The highest BCUT2D eigenvalue weighted by Gasteiger charge is 2.14. The van der Waals surface area contributed by atoms with E-state index in [1.807, 2.05) is 6.92 Å². The van der Waals surface area contributed by atoms with Gasteiger partial charge in [0.05, 0.1) is 6.61 Å². The molecule has 106 valence electrons. The Labute approximate surface area is 116 Å². The Hall–Kier alpha value is -2.62. The van der Waals surface area contributed by atoms with Gasteiger partial charge in [0.15, 0.2) is 11.5 Å². The van der Waals surface area contributed by atoms with E-state index in [0.29, 0.717) is 6.54 Å². The lowest BCUT2D eigenvalue weighted by molar-refractivity contribution is -0.117. The Morgan fingerprint density at radius 3 is 2.90 bits per heavy atom. The lowest BCUT2D eigenvalue weighted by Crippen LogP contribution is -2.25. The van der Waals surface area contributed by atoms with Crippen molar-refractivity contribution < 1.29 is 18.8 Å². The van der Waals surface area contributed by atoms with Crippen LogP contribution in [0.25, 0.3) is 6.08 Å². The van der Waals surface area contributed by atoms with Crippen LogP contribution in [0.15, 0.2) is 16.2 Å². The zero-order valence-corrected chi connectivity index (χ0v) is 11.3. The molecule has 1 amide bonds. The van der Waals surface area contributed by atoms with E-state index in [0.717, 1.165) is 6.42 Å². The Kier molecular flexibility index (Phi) is 5.97. The molecule has 0 aliphatic rings. The highest BCUT2D eigenvalue weighted by Crippen LogP contribution is 2.10. The zero-order chi connectivity index (χ0) is 15.0. The number of carbonyl (C=O) groups excluding carboxylic acids is 2. The molecule has 0 saturated carbocycles. The molecule has 0 saturated heterocycles. The molecule has 0 bridgehead atoms. The normalized spacial score (nSPS) is 10.8. The number of hydrogen-bond donors (Lipinski definition) is 1. The molecule has 20 heavy (non-hydrogen) atoms. The van der Waals surface area contributed by atoms with E-state index in [-0.39, 0.29) is 23.6 Å². The molecule has 1 rings (SSSR count). The van der Waals surface area contributed by atoms with Gasteiger partial charge in [-0.15, -0.1) is 0 Å². The van der Waals surface area contributed by atoms with Crippen LogP contribution >= 0.6 is 0 Å². The molecule has 1 aromatic rings. The maximum absolute atomic E-state index is 11.6. The summed E-state index contributed by atoms with van der Waals surface area (Å²) in [6, 6.07) is 3.08. The van der Waals surface area contributed by atoms with Crippen molar-refractivity contribution in [2.75, 3.05) is 13.2 Å². The third-order valence-corrected chi connectivity index (χ3v) is 2.20. The Bertz CT molecular complexity index is 554. The van der Waals surface area contributed by atoms with Crippen LogP contribution in [0.5, 0.6) is 0 Å². The SMILES string of the molecule is CCCNC(=O)/C(C#N)=C\c1cc(C(=O)OCC)no1. The van der Waals surface area contributed by atoms with Gasteiger partial charge in [-0.05, 0) is 13.3 Å². The highest BCUT2D eigenvalue weighted by molar-refractivity contribution is 6.01. The molecular weight excluding hydrogens is 262 g/mol. The summed E-state index contributed by atoms with van der Waals surface area (Å²) in [5.41, 5.74) is -0.130. The molecular formula is C13H15N3O4. The van der Waals surface area contributed by atoms with Gasteiger partial charge in [0.1, 0.15) is 11.6 Å². The van der Waals surface area contributed by atoms with Gasteiger partial charge >= 0.3 is 5.97 Å². The van der Waals surface area contributed by atoms with E-state index < -0.39 is 11.9 Å². The maximum Gasteiger partial charge on any atom is 0.360 e. The van der Waals surface area contributed by atoms with E-state index in [1.54, 1.807) is 13.0 Å². The first-order chi connectivity index (χ1) is 9.62. The fourth-order valence-electron chi connectivity index (χ4n) is 1.28. The minimum atomic E-state index is -0.621. The van der Waals surface area contributed by atoms with Gasteiger partial charge in [-0.25, -0.2) is 4.79 Å². The number of nitrogens with zero attached hydrogens (tertiary/aromatic N) is 2. The highest BCUT2D eigenvalue weighted by atomic mass is 16.5. The molecule has 0 unspecified atom stereocenters. The van der Waals surface area contributed by atoms with Gasteiger partial charge in [0.2, 0.25) is 0 Å². The van der Waals surface area contributed by atoms with Crippen molar-refractivity contribution in [1.82, 2.24) is 10.5 Å². The fraction of sp³-hybridized carbons (Fsp3) is 0.385. The first-order valence-corrected chi connectivity index (χ1v) is 6.16. The molecule has 1 aromatic heterocycles. The van der Waals surface area contributed by atoms with E-state index in [9.17, 15) is 9.59 Å². The number of nitrogens with one attached hydrogen (secondary N) is 1. The molecule has 1 N–H and O–H groups in total. The summed E-state index contributed by atoms with van der Waals surface area (Å²) in [7, 11) is 0. The topological polar surface area (TPSA) is 105 Å². The van der Waals surface area contributed by atoms with Crippen LogP contribution in [0.1, 0.15) is 36.5 Å². The molecule has 0 radical (unpaired) electrons. The molecule has 1 heterocycles. The fourth-order valence-corrected chi connectivity index (χ4v) is 1.28. The van der Waals surface area contributed by atoms with Gasteiger partial charge in [-0.2, -0.15) is 5.26 Å². The average molecular weight is 277 g/mol. The Morgan fingerprint density at radius 2 is 2.30 bits per heavy atom. The summed E-state index contributed by atoms with van der Waals surface area (Å²) in [6.45, 7) is 4.27. The van der Waals surface area contributed by atoms with Gasteiger partial charge in [-0.3, -0.25) is 4.79 Å². The maximum atomic E-state index is 11.6. The quantitative estimate of drug-likeness (QED) is 0.477. The summed E-state index contributed by atoms with van der Waals surface area (Å²) >= 11 is 0. The molecule has 0 aliphatic heterocycles. The van der Waals surface area contributed by atoms with Crippen LogP contribution in [0.2, 0.25) is 0 Å². The second kappa shape index (κ2) is 7.74. The predicted molar refractivity (Wildman–Crippen MR) is 69.4 cm³/mol. The molecule has 0 atom stereocenters. The number of esters is 1. The van der Waals surface area contributed by atoms with Gasteiger partial charge in [0.25, 0.3) is 5.91 Å². The summed E-state index contributed by atoms with van der Waals surface area (Å²) in [6.07, 6.45) is 1.99. The van der Waals surface area contributed by atoms with Gasteiger partial charge in [-0.1, -0.05) is 12.1 Å². The number of aromatic nitrogens is 1. The standard InChI is InChI=1S/C13H15N3O4/c1-3-5-15-12(17)9(8-14)6-10-7-11(16-20-10)13(18)19-4-2/h6-7H,3-5H2,1-2H3,(H,15,17)/b9-6-. The van der Waals surface area contributed by atoms with Crippen molar-refractivity contribution in [2.45, 2.75) is 20.3 Å². The summed E-state index contributed by atoms with van der Waals surface area (Å²) in [5.74, 6) is -0.982. The summed E-state index contributed by atoms with van der Waals surface area (Å²) in [4.78, 5) is 23.0. The second-order valence-corrected chi connectivity index (χ2v) is 3.76. The van der Waals surface area contributed by atoms with Crippen LogP contribution in [0, 0.1) is 11.3 Å². The van der Waals surface area contributed by atoms with E-state index in [1.165, 1.54) is 12.1 Å². The van der Waals surface area contributed by atoms with Crippen LogP contribution in [-0.2, 0) is 9.53 Å². The first-order valence-electron chi connectivity index (χ1n) is 6.16. The number of ether oxygens (including phenoxy) is 1. The lowest BCUT2D eigenvalue weighted by atomic mass is 10.2. The monoisotopic (exact) mass is 277 g/mol. The molecule has 7 nitrogen and oxygen atoms in total. The van der Waals surface area contributed by atoms with Crippen LogP contribution in [0.3, 0.4) is 0 Å². The van der Waals surface area contributed by atoms with E-state index in [2.05, 4.69) is 10.5 Å². The second-order valence-electron chi connectivity index (χ2n) is 3.76. The molecule has 0 spiro atoms. The van der Waals surface area contributed by atoms with Crippen molar-refractivity contribution in [3.63, 3.8) is 0 Å². The molecule has 0 aliphatic carbocycles. The van der Waals surface area contributed by atoms with Gasteiger partial charge < -0.3 is 14.6 Å². The Morgan fingerprint density at radius 1 is 1.55 bits per heavy atom. The van der Waals surface area contributed by atoms with Crippen molar-refractivity contribution in [3.05, 3.63) is 23.1 Å². The lowest BCUT2D eigenvalue weighted by Gasteiger charge is -2.00. The average Bonchev–Trinajstić information content (AvgIpc) is 2.91. The van der Waals surface area contributed by atoms with Crippen LogP contribution < -0.4 is 5.32 Å². The number of rotatable bonds is 6. The van der Waals surface area contributed by atoms with Gasteiger partial charge in [0, 0.05) is 18.7 Å². The van der Waals surface area contributed by atoms with Crippen LogP contribution in [0.4, 0.5) is 0 Å². The number of amides is 1. The number of carbonyl (C=O) groups is 2. The zero-order valence-electron chi connectivity index (χ0n) is 11.3. The minimum absolute atomic E-state index is 0.00986. The third-order valence-electron chi connectivity index (χ3n) is 2.20. The van der Waals surface area contributed by atoms with Crippen molar-refractivity contribution in [3.8, 4) is 6.07 Å². The molecule has 7 heteroatoms. The van der Waals surface area contributed by atoms with Crippen molar-refractivity contribution >= 4 is 18.0 Å². The number of nitriles is 1. The molecule has 0 aromatic carbocycles. The van der Waals surface area contributed by atoms with Crippen molar-refractivity contribution in [1.29, 1.82) is 5.26 Å². The minimum Gasteiger partial charge on any atom is -0.461 e. The van der Waals surface area contributed by atoms with Crippen LogP contribution in [-0.4, -0.2) is 30.2 Å².